The van der Waals surface area contributed by atoms with E-state index in [1.165, 1.54) is 15.3 Å². The summed E-state index contributed by atoms with van der Waals surface area (Å²) in [5, 5.41) is 4.70. The van der Waals surface area contributed by atoms with E-state index in [0.717, 1.165) is 5.69 Å². The van der Waals surface area contributed by atoms with Crippen LogP contribution in [0.5, 0.6) is 0 Å². The van der Waals surface area contributed by atoms with Crippen molar-refractivity contribution in [1.82, 2.24) is 0 Å². The van der Waals surface area contributed by atoms with Crippen molar-refractivity contribution >= 4 is 40.2 Å². The second kappa shape index (κ2) is 5.52. The van der Waals surface area contributed by atoms with Gasteiger partial charge in [0.2, 0.25) is 0 Å². The van der Waals surface area contributed by atoms with Crippen LogP contribution in [0.4, 0.5) is 5.69 Å². The van der Waals surface area contributed by atoms with Gasteiger partial charge in [0.25, 0.3) is 0 Å². The lowest BCUT2D eigenvalue weighted by Gasteiger charge is -2.17. The van der Waals surface area contributed by atoms with E-state index in [4.69, 9.17) is 23.2 Å². The number of benzene rings is 1. The minimum Gasteiger partial charge on any atom is -0.376 e. The Labute approximate surface area is 122 Å². The Bertz CT molecular complexity index is 543. The molecule has 1 heterocycles. The zero-order valence-electron chi connectivity index (χ0n) is 10.6. The smallest absolute Gasteiger partial charge is 0.0723 e. The van der Waals surface area contributed by atoms with Gasteiger partial charge in [0.05, 0.1) is 15.7 Å². The Kier molecular flexibility index (Phi) is 4.21. The third-order valence-corrected chi connectivity index (χ3v) is 4.48. The molecule has 0 aliphatic rings. The highest BCUT2D eigenvalue weighted by molar-refractivity contribution is 7.12. The summed E-state index contributed by atoms with van der Waals surface area (Å²) in [6, 6.07) is 7.93. The molecule has 2 rings (SSSR count). The maximum atomic E-state index is 6.16. The summed E-state index contributed by atoms with van der Waals surface area (Å²) in [5.41, 5.74) is 2.10. The van der Waals surface area contributed by atoms with Crippen molar-refractivity contribution in [1.29, 1.82) is 0 Å². The molecule has 1 atom stereocenters. The monoisotopic (exact) mass is 299 g/mol. The number of para-hydroxylation sites is 1. The fourth-order valence-electron chi connectivity index (χ4n) is 2.01. The molecule has 2 aromatic rings. The van der Waals surface area contributed by atoms with Gasteiger partial charge >= 0.3 is 0 Å². The van der Waals surface area contributed by atoms with Crippen LogP contribution in [0, 0.1) is 13.8 Å². The van der Waals surface area contributed by atoms with E-state index < -0.39 is 0 Å². The van der Waals surface area contributed by atoms with Crippen LogP contribution in [-0.2, 0) is 0 Å². The molecule has 0 saturated carbocycles. The van der Waals surface area contributed by atoms with Crippen LogP contribution in [0.2, 0.25) is 10.0 Å². The Morgan fingerprint density at radius 2 is 1.78 bits per heavy atom. The van der Waals surface area contributed by atoms with Crippen molar-refractivity contribution in [3.05, 3.63) is 49.6 Å². The second-order valence-corrected chi connectivity index (χ2v) is 6.61. The lowest BCUT2D eigenvalue weighted by molar-refractivity contribution is 0.882. The van der Waals surface area contributed by atoms with Gasteiger partial charge in [-0.1, -0.05) is 29.3 Å². The van der Waals surface area contributed by atoms with Gasteiger partial charge in [-0.25, -0.2) is 0 Å². The molecular formula is C14H15Cl2NS. The SMILES string of the molecule is Cc1cc(C(C)Nc2c(Cl)cccc2Cl)c(C)s1. The van der Waals surface area contributed by atoms with Gasteiger partial charge in [0.1, 0.15) is 0 Å². The first kappa shape index (κ1) is 13.7. The van der Waals surface area contributed by atoms with E-state index in [0.29, 0.717) is 10.0 Å². The molecule has 0 amide bonds. The van der Waals surface area contributed by atoms with Crippen molar-refractivity contribution < 1.29 is 0 Å². The Hall–Kier alpha value is -0.700. The average Bonchev–Trinajstić information content (AvgIpc) is 2.63. The Balaban J connectivity index is 2.26. The maximum Gasteiger partial charge on any atom is 0.0723 e. The van der Waals surface area contributed by atoms with Crippen LogP contribution in [0.15, 0.2) is 24.3 Å². The van der Waals surface area contributed by atoms with Crippen LogP contribution < -0.4 is 5.32 Å². The van der Waals surface area contributed by atoms with E-state index in [2.05, 4.69) is 32.2 Å². The molecule has 0 aliphatic heterocycles. The van der Waals surface area contributed by atoms with Gasteiger partial charge in [0.15, 0.2) is 0 Å². The normalized spacial score (nSPS) is 12.5. The first-order chi connectivity index (χ1) is 8.49. The van der Waals surface area contributed by atoms with Gasteiger partial charge in [-0.05, 0) is 44.5 Å². The van der Waals surface area contributed by atoms with Gasteiger partial charge in [-0.3, -0.25) is 0 Å². The molecule has 4 heteroatoms. The van der Waals surface area contributed by atoms with E-state index in [-0.39, 0.29) is 6.04 Å². The molecule has 1 unspecified atom stereocenters. The van der Waals surface area contributed by atoms with Gasteiger partial charge < -0.3 is 5.32 Å². The van der Waals surface area contributed by atoms with E-state index in [1.54, 1.807) is 0 Å². The van der Waals surface area contributed by atoms with Crippen LogP contribution >= 0.6 is 34.5 Å². The summed E-state index contributed by atoms with van der Waals surface area (Å²) in [6.45, 7) is 6.38. The second-order valence-electron chi connectivity index (χ2n) is 4.33. The number of hydrogen-bond acceptors (Lipinski definition) is 2. The summed E-state index contributed by atoms with van der Waals surface area (Å²) < 4.78 is 0. The number of hydrogen-bond donors (Lipinski definition) is 1. The predicted molar refractivity (Wildman–Crippen MR) is 82.3 cm³/mol. The number of halogens is 2. The lowest BCUT2D eigenvalue weighted by Crippen LogP contribution is -2.07. The highest BCUT2D eigenvalue weighted by Gasteiger charge is 2.14. The molecule has 0 bridgehead atoms. The molecule has 1 N–H and O–H groups in total. The fraction of sp³-hybridized carbons (Fsp3) is 0.286. The van der Waals surface area contributed by atoms with E-state index >= 15 is 0 Å². The number of aryl methyl sites for hydroxylation is 2. The molecule has 0 fully saturated rings. The summed E-state index contributed by atoms with van der Waals surface area (Å²) in [7, 11) is 0. The summed E-state index contributed by atoms with van der Waals surface area (Å²) >= 11 is 14.1. The first-order valence-electron chi connectivity index (χ1n) is 5.76. The molecule has 96 valence electrons. The molecule has 0 radical (unpaired) electrons. The molecule has 1 aromatic carbocycles. The van der Waals surface area contributed by atoms with E-state index in [1.807, 2.05) is 29.5 Å². The molecule has 18 heavy (non-hydrogen) atoms. The van der Waals surface area contributed by atoms with Crippen LogP contribution in [-0.4, -0.2) is 0 Å². The zero-order valence-corrected chi connectivity index (χ0v) is 12.9. The third-order valence-electron chi connectivity index (χ3n) is 2.87. The van der Waals surface area contributed by atoms with Crippen molar-refractivity contribution in [2.75, 3.05) is 5.32 Å². The predicted octanol–water partition coefficient (Wildman–Crippen LogP) is 5.84. The summed E-state index contributed by atoms with van der Waals surface area (Å²) in [5.74, 6) is 0. The maximum absolute atomic E-state index is 6.16. The molecule has 0 spiro atoms. The van der Waals surface area contributed by atoms with Gasteiger partial charge in [-0.15, -0.1) is 11.3 Å². The quantitative estimate of drug-likeness (QED) is 0.750. The number of anilines is 1. The van der Waals surface area contributed by atoms with Crippen molar-refractivity contribution in [3.63, 3.8) is 0 Å². The average molecular weight is 300 g/mol. The molecule has 0 aliphatic carbocycles. The topological polar surface area (TPSA) is 12.0 Å². The van der Waals surface area contributed by atoms with Crippen molar-refractivity contribution in [2.45, 2.75) is 26.8 Å². The summed E-state index contributed by atoms with van der Waals surface area (Å²) in [6.07, 6.45) is 0. The van der Waals surface area contributed by atoms with Gasteiger partial charge in [-0.2, -0.15) is 0 Å². The molecule has 0 saturated heterocycles. The first-order valence-corrected chi connectivity index (χ1v) is 7.33. The highest BCUT2D eigenvalue weighted by atomic mass is 35.5. The van der Waals surface area contributed by atoms with Crippen molar-refractivity contribution in [3.8, 4) is 0 Å². The fourth-order valence-corrected chi connectivity index (χ4v) is 3.54. The Morgan fingerprint density at radius 1 is 1.17 bits per heavy atom. The number of nitrogens with one attached hydrogen (secondary N) is 1. The largest absolute Gasteiger partial charge is 0.376 e. The minimum absolute atomic E-state index is 0.187. The molecule has 1 aromatic heterocycles. The van der Waals surface area contributed by atoms with Crippen LogP contribution in [0.25, 0.3) is 0 Å². The molecule has 1 nitrogen and oxygen atoms in total. The zero-order chi connectivity index (χ0) is 13.3. The van der Waals surface area contributed by atoms with Crippen LogP contribution in [0.3, 0.4) is 0 Å². The molecular weight excluding hydrogens is 285 g/mol. The van der Waals surface area contributed by atoms with E-state index in [9.17, 15) is 0 Å². The summed E-state index contributed by atoms with van der Waals surface area (Å²) in [4.78, 5) is 2.65. The van der Waals surface area contributed by atoms with Crippen LogP contribution in [0.1, 0.15) is 28.3 Å². The number of rotatable bonds is 3. The Morgan fingerprint density at radius 3 is 2.28 bits per heavy atom. The number of thiophene rings is 1. The standard InChI is InChI=1S/C14H15Cl2NS/c1-8-7-11(10(3)18-8)9(2)17-14-12(15)5-4-6-13(14)16/h4-7,9,17H,1-3H3. The lowest BCUT2D eigenvalue weighted by atomic mass is 10.1. The minimum atomic E-state index is 0.187. The van der Waals surface area contributed by atoms with Crippen molar-refractivity contribution in [2.24, 2.45) is 0 Å². The van der Waals surface area contributed by atoms with Gasteiger partial charge in [0, 0.05) is 15.8 Å². The highest BCUT2D eigenvalue weighted by Crippen LogP contribution is 2.34. The third kappa shape index (κ3) is 2.82.